The standard InChI is InChI=1S/C20H23N5O3/c1-20(2,28)14-5-3-13(4-6-14)19(27)23-16-11-18(24-10-8-15(26)12-24)25-17(22-16)7-9-21-25/h3-7,9,11,15,26,28H,8,10,12H2,1-2H3,(H,22,23,27)/t15-/m0/s1. The minimum Gasteiger partial charge on any atom is -0.391 e. The second kappa shape index (κ2) is 6.88. The van der Waals surface area contributed by atoms with Crippen molar-refractivity contribution in [1.82, 2.24) is 14.6 Å². The lowest BCUT2D eigenvalue weighted by Gasteiger charge is -2.20. The zero-order valence-electron chi connectivity index (χ0n) is 15.8. The number of nitrogens with zero attached hydrogens (tertiary/aromatic N) is 4. The van der Waals surface area contributed by atoms with Crippen molar-refractivity contribution < 1.29 is 15.0 Å². The molecule has 8 nitrogen and oxygen atoms in total. The lowest BCUT2D eigenvalue weighted by atomic mass is 9.97. The quantitative estimate of drug-likeness (QED) is 0.637. The van der Waals surface area contributed by atoms with E-state index < -0.39 is 5.60 Å². The molecule has 1 aliphatic heterocycles. The van der Waals surface area contributed by atoms with Crippen molar-refractivity contribution in [3.8, 4) is 0 Å². The molecule has 0 radical (unpaired) electrons. The zero-order chi connectivity index (χ0) is 19.9. The van der Waals surface area contributed by atoms with Crippen molar-refractivity contribution in [2.45, 2.75) is 32.0 Å². The van der Waals surface area contributed by atoms with Crippen molar-refractivity contribution >= 4 is 23.2 Å². The lowest BCUT2D eigenvalue weighted by molar-refractivity contribution is 0.0785. The lowest BCUT2D eigenvalue weighted by Crippen LogP contribution is -2.24. The molecular formula is C20H23N5O3. The van der Waals surface area contributed by atoms with E-state index in [0.717, 1.165) is 11.4 Å². The van der Waals surface area contributed by atoms with Crippen molar-refractivity contribution in [2.24, 2.45) is 0 Å². The van der Waals surface area contributed by atoms with Crippen LogP contribution in [0.5, 0.6) is 0 Å². The smallest absolute Gasteiger partial charge is 0.256 e. The summed E-state index contributed by atoms with van der Waals surface area (Å²) in [5.41, 5.74) is 0.865. The summed E-state index contributed by atoms with van der Waals surface area (Å²) < 4.78 is 1.70. The molecule has 146 valence electrons. The number of benzene rings is 1. The van der Waals surface area contributed by atoms with Gasteiger partial charge >= 0.3 is 0 Å². The maximum absolute atomic E-state index is 12.6. The molecule has 2 aromatic heterocycles. The van der Waals surface area contributed by atoms with Gasteiger partial charge in [-0.2, -0.15) is 9.61 Å². The van der Waals surface area contributed by atoms with Gasteiger partial charge in [-0.3, -0.25) is 4.79 Å². The summed E-state index contributed by atoms with van der Waals surface area (Å²) in [5.74, 6) is 0.909. The van der Waals surface area contributed by atoms with Crippen LogP contribution in [-0.4, -0.2) is 49.9 Å². The van der Waals surface area contributed by atoms with Crippen LogP contribution in [0.2, 0.25) is 0 Å². The number of aromatic nitrogens is 3. The third-order valence-corrected chi connectivity index (χ3v) is 4.92. The SMILES string of the molecule is CC(C)(O)c1ccc(C(=O)Nc2cc(N3CC[C@H](O)C3)n3nccc3n2)cc1. The Balaban J connectivity index is 1.60. The van der Waals surface area contributed by atoms with Crippen molar-refractivity contribution in [3.63, 3.8) is 0 Å². The van der Waals surface area contributed by atoms with Crippen LogP contribution < -0.4 is 10.2 Å². The fourth-order valence-corrected chi connectivity index (χ4v) is 3.35. The largest absolute Gasteiger partial charge is 0.391 e. The number of hydrogen-bond acceptors (Lipinski definition) is 6. The van der Waals surface area contributed by atoms with E-state index in [4.69, 9.17) is 0 Å². The fraction of sp³-hybridized carbons (Fsp3) is 0.350. The van der Waals surface area contributed by atoms with Crippen molar-refractivity contribution in [3.05, 3.63) is 53.7 Å². The van der Waals surface area contributed by atoms with Gasteiger partial charge in [-0.1, -0.05) is 12.1 Å². The third-order valence-electron chi connectivity index (χ3n) is 4.92. The summed E-state index contributed by atoms with van der Waals surface area (Å²) in [5, 5.41) is 27.0. The average Bonchev–Trinajstić information content (AvgIpc) is 3.29. The number of aliphatic hydroxyl groups excluding tert-OH is 1. The van der Waals surface area contributed by atoms with Crippen LogP contribution in [0, 0.1) is 0 Å². The number of fused-ring (bicyclic) bond motifs is 1. The first kappa shape index (κ1) is 18.4. The number of amides is 1. The van der Waals surface area contributed by atoms with E-state index in [-0.39, 0.29) is 12.0 Å². The van der Waals surface area contributed by atoms with Gasteiger partial charge < -0.3 is 20.4 Å². The van der Waals surface area contributed by atoms with Gasteiger partial charge in [-0.05, 0) is 38.0 Å². The van der Waals surface area contributed by atoms with Crippen molar-refractivity contribution in [1.29, 1.82) is 0 Å². The molecule has 0 saturated carbocycles. The van der Waals surface area contributed by atoms with Gasteiger partial charge in [-0.25, -0.2) is 4.98 Å². The highest BCUT2D eigenvalue weighted by molar-refractivity contribution is 6.04. The van der Waals surface area contributed by atoms with E-state index >= 15 is 0 Å². The van der Waals surface area contributed by atoms with Gasteiger partial charge in [-0.15, -0.1) is 0 Å². The Morgan fingerprint density at radius 1 is 1.25 bits per heavy atom. The molecule has 1 atom stereocenters. The molecule has 1 amide bonds. The van der Waals surface area contributed by atoms with Crippen molar-refractivity contribution in [2.75, 3.05) is 23.3 Å². The predicted molar refractivity (Wildman–Crippen MR) is 105 cm³/mol. The highest BCUT2D eigenvalue weighted by Gasteiger charge is 2.24. The number of nitrogens with one attached hydrogen (secondary N) is 1. The number of β-amino-alcohol motifs (C(OH)–C–C–N with tert-alkyl or cyclic N) is 1. The first-order chi connectivity index (χ1) is 13.3. The Morgan fingerprint density at radius 3 is 2.64 bits per heavy atom. The average molecular weight is 381 g/mol. The van der Waals surface area contributed by atoms with E-state index in [1.54, 1.807) is 61.0 Å². The summed E-state index contributed by atoms with van der Waals surface area (Å²) >= 11 is 0. The fourth-order valence-electron chi connectivity index (χ4n) is 3.35. The third kappa shape index (κ3) is 3.56. The number of aliphatic hydroxyl groups is 2. The molecule has 4 rings (SSSR count). The molecule has 0 aliphatic carbocycles. The predicted octanol–water partition coefficient (Wildman–Crippen LogP) is 1.78. The van der Waals surface area contributed by atoms with Gasteiger partial charge in [0.1, 0.15) is 11.6 Å². The van der Waals surface area contributed by atoms with Crippen LogP contribution in [0.25, 0.3) is 5.65 Å². The van der Waals surface area contributed by atoms with Crippen LogP contribution >= 0.6 is 0 Å². The Hall–Kier alpha value is -2.97. The topological polar surface area (TPSA) is 103 Å². The van der Waals surface area contributed by atoms with E-state index in [1.165, 1.54) is 0 Å². The van der Waals surface area contributed by atoms with Gasteiger partial charge in [0.05, 0.1) is 17.9 Å². The summed E-state index contributed by atoms with van der Waals surface area (Å²) in [7, 11) is 0. The first-order valence-electron chi connectivity index (χ1n) is 9.23. The Kier molecular flexibility index (Phi) is 4.52. The molecule has 1 aliphatic rings. The minimum atomic E-state index is -0.960. The summed E-state index contributed by atoms with van der Waals surface area (Å²) in [4.78, 5) is 19.1. The summed E-state index contributed by atoms with van der Waals surface area (Å²) in [6.45, 7) is 4.63. The monoisotopic (exact) mass is 381 g/mol. The van der Waals surface area contributed by atoms with E-state index in [2.05, 4.69) is 15.4 Å². The zero-order valence-corrected chi connectivity index (χ0v) is 15.8. The molecule has 3 heterocycles. The van der Waals surface area contributed by atoms with Crippen LogP contribution in [0.1, 0.15) is 36.2 Å². The molecule has 0 spiro atoms. The molecule has 3 aromatic rings. The molecule has 28 heavy (non-hydrogen) atoms. The number of carbonyl (C=O) groups is 1. The molecule has 3 N–H and O–H groups in total. The second-order valence-corrected chi connectivity index (χ2v) is 7.58. The summed E-state index contributed by atoms with van der Waals surface area (Å²) in [6, 6.07) is 10.4. The summed E-state index contributed by atoms with van der Waals surface area (Å²) in [6.07, 6.45) is 1.98. The highest BCUT2D eigenvalue weighted by Crippen LogP contribution is 2.24. The molecule has 0 bridgehead atoms. The molecule has 1 aromatic carbocycles. The molecule has 1 fully saturated rings. The van der Waals surface area contributed by atoms with Gasteiger partial charge in [0.15, 0.2) is 5.65 Å². The molecule has 1 saturated heterocycles. The Labute approximate surface area is 162 Å². The minimum absolute atomic E-state index is 0.286. The maximum atomic E-state index is 12.6. The number of anilines is 2. The van der Waals surface area contributed by atoms with Gasteiger partial charge in [0, 0.05) is 30.8 Å². The van der Waals surface area contributed by atoms with Crippen LogP contribution in [0.15, 0.2) is 42.6 Å². The normalized spacial score (nSPS) is 17.3. The van der Waals surface area contributed by atoms with E-state index in [1.807, 2.05) is 4.90 Å². The van der Waals surface area contributed by atoms with Crippen LogP contribution in [0.4, 0.5) is 11.6 Å². The molecule has 0 unspecified atom stereocenters. The van der Waals surface area contributed by atoms with Gasteiger partial charge in [0.25, 0.3) is 5.91 Å². The number of carbonyl (C=O) groups excluding carboxylic acids is 1. The Morgan fingerprint density at radius 2 is 2.00 bits per heavy atom. The highest BCUT2D eigenvalue weighted by atomic mass is 16.3. The van der Waals surface area contributed by atoms with Crippen LogP contribution in [-0.2, 0) is 5.60 Å². The second-order valence-electron chi connectivity index (χ2n) is 7.58. The number of hydrogen-bond donors (Lipinski definition) is 3. The van der Waals surface area contributed by atoms with E-state index in [0.29, 0.717) is 36.5 Å². The van der Waals surface area contributed by atoms with Crippen LogP contribution in [0.3, 0.4) is 0 Å². The maximum Gasteiger partial charge on any atom is 0.256 e. The molecule has 8 heteroatoms. The molecular weight excluding hydrogens is 358 g/mol. The van der Waals surface area contributed by atoms with Gasteiger partial charge in [0.2, 0.25) is 0 Å². The van der Waals surface area contributed by atoms with E-state index in [9.17, 15) is 15.0 Å². The Bertz CT molecular complexity index is 1010. The number of rotatable bonds is 4. The first-order valence-corrected chi connectivity index (χ1v) is 9.23.